The maximum absolute atomic E-state index is 13.2. The fraction of sp³-hybridized carbons (Fsp3) is 0.0833. The summed E-state index contributed by atoms with van der Waals surface area (Å²) in [6.07, 6.45) is -1.11. The van der Waals surface area contributed by atoms with Crippen molar-refractivity contribution < 1.29 is 19.1 Å². The summed E-state index contributed by atoms with van der Waals surface area (Å²) in [5, 5.41) is 1.22. The molecule has 0 amide bonds. The van der Waals surface area contributed by atoms with E-state index in [1.807, 2.05) is 12.1 Å². The predicted octanol–water partition coefficient (Wildman–Crippen LogP) is 7.00. The molecule has 0 aliphatic heterocycles. The fourth-order valence-electron chi connectivity index (χ4n) is 3.18. The van der Waals surface area contributed by atoms with Crippen molar-refractivity contribution >= 4 is 56.4 Å². The van der Waals surface area contributed by atoms with Crippen LogP contribution in [-0.2, 0) is 4.74 Å². The maximum atomic E-state index is 13.2. The van der Waals surface area contributed by atoms with Gasteiger partial charge in [-0.15, -0.1) is 11.3 Å². The molecule has 0 saturated heterocycles. The zero-order chi connectivity index (χ0) is 22.0. The number of Topliss-reactive ketones (excluding diaryl/α,β-unsaturated/α-hetero) is 1. The Hall–Kier alpha value is -2.86. The third kappa shape index (κ3) is 4.17. The Labute approximate surface area is 192 Å². The average Bonchev–Trinajstić information content (AvgIpc) is 3.16. The number of benzene rings is 3. The minimum atomic E-state index is -1.11. The Morgan fingerprint density at radius 2 is 1.52 bits per heavy atom. The highest BCUT2D eigenvalue weighted by Crippen LogP contribution is 2.43. The van der Waals surface area contributed by atoms with E-state index < -0.39 is 12.1 Å². The van der Waals surface area contributed by atoms with Crippen LogP contribution in [0.4, 0.5) is 0 Å². The third-order valence-electron chi connectivity index (χ3n) is 4.73. The molecule has 4 rings (SSSR count). The second-order valence-corrected chi connectivity index (χ2v) is 8.41. The number of esters is 1. The molecule has 0 bridgehead atoms. The molecule has 1 atom stereocenters. The van der Waals surface area contributed by atoms with E-state index >= 15 is 0 Å². The number of hydrogen-bond acceptors (Lipinski definition) is 5. The van der Waals surface area contributed by atoms with Crippen LogP contribution in [0.2, 0.25) is 10.0 Å². The first-order valence-electron chi connectivity index (χ1n) is 9.31. The molecule has 7 heteroatoms. The summed E-state index contributed by atoms with van der Waals surface area (Å²) < 4.78 is 11.6. The van der Waals surface area contributed by atoms with Crippen molar-refractivity contribution in [3.05, 3.63) is 98.8 Å². The van der Waals surface area contributed by atoms with Crippen molar-refractivity contribution in [2.75, 3.05) is 7.11 Å². The van der Waals surface area contributed by atoms with Gasteiger partial charge < -0.3 is 9.47 Å². The molecule has 0 fully saturated rings. The van der Waals surface area contributed by atoms with Crippen LogP contribution in [0.25, 0.3) is 10.1 Å². The molecule has 0 radical (unpaired) electrons. The topological polar surface area (TPSA) is 52.6 Å². The Bertz CT molecular complexity index is 1250. The molecule has 0 N–H and O–H groups in total. The molecule has 0 aliphatic carbocycles. The van der Waals surface area contributed by atoms with Gasteiger partial charge in [0.2, 0.25) is 5.78 Å². The molecule has 156 valence electrons. The number of thiophene rings is 1. The van der Waals surface area contributed by atoms with Crippen molar-refractivity contribution in [1.29, 1.82) is 0 Å². The van der Waals surface area contributed by atoms with E-state index in [1.54, 1.807) is 60.7 Å². The summed E-state index contributed by atoms with van der Waals surface area (Å²) >= 11 is 14.0. The van der Waals surface area contributed by atoms with Gasteiger partial charge in [-0.1, -0.05) is 83.9 Å². The number of ether oxygens (including phenoxy) is 2. The Kier molecular flexibility index (Phi) is 6.28. The molecule has 0 aliphatic rings. The summed E-state index contributed by atoms with van der Waals surface area (Å²) in [4.78, 5) is 26.4. The molecule has 3 aromatic carbocycles. The molecule has 1 aromatic heterocycles. The standard InChI is InChI=1S/C24H16Cl2O4S/c1-29-17-13-12-16-18(25)23(31-22(16)19(17)26)24(28)30-21(15-10-6-3-7-11-15)20(27)14-8-4-2-5-9-14/h2-13,21H,1H3/t21-/m0/s1. The summed E-state index contributed by atoms with van der Waals surface area (Å²) in [5.41, 5.74) is 1.01. The van der Waals surface area contributed by atoms with E-state index in [9.17, 15) is 9.59 Å². The number of carbonyl (C=O) groups is 2. The van der Waals surface area contributed by atoms with Crippen LogP contribution < -0.4 is 4.74 Å². The largest absolute Gasteiger partial charge is 0.495 e. The molecule has 31 heavy (non-hydrogen) atoms. The van der Waals surface area contributed by atoms with Crippen LogP contribution in [0.3, 0.4) is 0 Å². The lowest BCUT2D eigenvalue weighted by molar-refractivity contribution is 0.0285. The number of carbonyl (C=O) groups excluding carboxylic acids is 2. The highest BCUT2D eigenvalue weighted by molar-refractivity contribution is 7.22. The second-order valence-electron chi connectivity index (χ2n) is 6.63. The summed E-state index contributed by atoms with van der Waals surface area (Å²) in [6, 6.07) is 21.0. The molecule has 0 unspecified atom stereocenters. The van der Waals surface area contributed by atoms with Crippen molar-refractivity contribution in [3.8, 4) is 5.75 Å². The van der Waals surface area contributed by atoms with Gasteiger partial charge in [-0.25, -0.2) is 4.79 Å². The third-order valence-corrected chi connectivity index (χ3v) is 6.93. The molecular weight excluding hydrogens is 455 g/mol. The number of ketones is 1. The first kappa shape index (κ1) is 21.4. The van der Waals surface area contributed by atoms with Crippen molar-refractivity contribution in [3.63, 3.8) is 0 Å². The SMILES string of the molecule is COc1ccc2c(Cl)c(C(=O)O[C@H](C(=O)c3ccccc3)c3ccccc3)sc2c1Cl. The number of fused-ring (bicyclic) bond motifs is 1. The van der Waals surface area contributed by atoms with E-state index in [0.29, 0.717) is 32.0 Å². The van der Waals surface area contributed by atoms with Gasteiger partial charge in [0.25, 0.3) is 0 Å². The van der Waals surface area contributed by atoms with Crippen LogP contribution in [0.5, 0.6) is 5.75 Å². The maximum Gasteiger partial charge on any atom is 0.350 e. The Morgan fingerprint density at radius 3 is 2.16 bits per heavy atom. The van der Waals surface area contributed by atoms with Crippen LogP contribution in [-0.4, -0.2) is 18.9 Å². The van der Waals surface area contributed by atoms with Gasteiger partial charge in [-0.3, -0.25) is 4.79 Å². The average molecular weight is 471 g/mol. The van der Waals surface area contributed by atoms with E-state index in [2.05, 4.69) is 0 Å². The molecule has 1 heterocycles. The highest BCUT2D eigenvalue weighted by atomic mass is 35.5. The minimum absolute atomic E-state index is 0.175. The minimum Gasteiger partial charge on any atom is -0.495 e. The summed E-state index contributed by atoms with van der Waals surface area (Å²) in [5.74, 6) is -0.537. The van der Waals surface area contributed by atoms with Gasteiger partial charge in [0.05, 0.1) is 16.8 Å². The Balaban J connectivity index is 1.72. The first-order chi connectivity index (χ1) is 15.0. The van der Waals surface area contributed by atoms with Gasteiger partial charge >= 0.3 is 5.97 Å². The van der Waals surface area contributed by atoms with Gasteiger partial charge in [-0.05, 0) is 12.1 Å². The zero-order valence-electron chi connectivity index (χ0n) is 16.3. The quantitative estimate of drug-likeness (QED) is 0.225. The molecule has 4 nitrogen and oxygen atoms in total. The van der Waals surface area contributed by atoms with Crippen LogP contribution >= 0.6 is 34.5 Å². The van der Waals surface area contributed by atoms with Gasteiger partial charge in [0.15, 0.2) is 6.10 Å². The van der Waals surface area contributed by atoms with Crippen LogP contribution in [0, 0.1) is 0 Å². The van der Waals surface area contributed by atoms with Gasteiger partial charge in [0, 0.05) is 16.5 Å². The number of rotatable bonds is 6. The number of halogens is 2. The normalized spacial score (nSPS) is 11.8. The fourth-order valence-corrected chi connectivity index (χ4v) is 4.95. The van der Waals surface area contributed by atoms with Crippen molar-refractivity contribution in [2.45, 2.75) is 6.10 Å². The number of hydrogen-bond donors (Lipinski definition) is 0. The summed E-state index contributed by atoms with van der Waals surface area (Å²) in [6.45, 7) is 0. The molecule has 0 saturated carbocycles. The Morgan fingerprint density at radius 1 is 0.871 bits per heavy atom. The lowest BCUT2D eigenvalue weighted by Gasteiger charge is -2.17. The van der Waals surface area contributed by atoms with Crippen LogP contribution in [0.1, 0.15) is 31.7 Å². The summed E-state index contributed by atoms with van der Waals surface area (Å²) in [7, 11) is 1.51. The van der Waals surface area contributed by atoms with Gasteiger partial charge in [-0.2, -0.15) is 0 Å². The molecular formula is C24H16Cl2O4S. The van der Waals surface area contributed by atoms with Crippen LogP contribution in [0.15, 0.2) is 72.8 Å². The first-order valence-corrected chi connectivity index (χ1v) is 10.9. The van der Waals surface area contributed by atoms with Crippen molar-refractivity contribution in [2.24, 2.45) is 0 Å². The molecule has 4 aromatic rings. The highest BCUT2D eigenvalue weighted by Gasteiger charge is 2.29. The zero-order valence-corrected chi connectivity index (χ0v) is 18.6. The van der Waals surface area contributed by atoms with E-state index in [4.69, 9.17) is 32.7 Å². The van der Waals surface area contributed by atoms with E-state index in [0.717, 1.165) is 11.3 Å². The van der Waals surface area contributed by atoms with Crippen molar-refractivity contribution in [1.82, 2.24) is 0 Å². The molecule has 0 spiro atoms. The monoisotopic (exact) mass is 470 g/mol. The lowest BCUT2D eigenvalue weighted by atomic mass is 10.00. The lowest BCUT2D eigenvalue weighted by Crippen LogP contribution is -2.20. The van der Waals surface area contributed by atoms with E-state index in [-0.39, 0.29) is 15.7 Å². The smallest absolute Gasteiger partial charge is 0.350 e. The number of methoxy groups -OCH3 is 1. The van der Waals surface area contributed by atoms with E-state index in [1.165, 1.54) is 7.11 Å². The van der Waals surface area contributed by atoms with Gasteiger partial charge in [0.1, 0.15) is 15.6 Å². The second kappa shape index (κ2) is 9.10. The predicted molar refractivity (Wildman–Crippen MR) is 124 cm³/mol.